The van der Waals surface area contributed by atoms with E-state index in [4.69, 9.17) is 23.7 Å². The average molecular weight is 619 g/mol. The van der Waals surface area contributed by atoms with Crippen LogP contribution in [-0.2, 0) is 28.5 Å². The average Bonchev–Trinajstić information content (AvgIpc) is 3.31. The molecule has 10 heteroatoms. The maximum atomic E-state index is 13.3. The first-order valence-electron chi connectivity index (χ1n) is 14.3. The molecule has 0 radical (unpaired) electrons. The third kappa shape index (κ3) is 5.38. The number of hydrogen-bond donors (Lipinski definition) is 2. The monoisotopic (exact) mass is 617 g/mol. The van der Waals surface area contributed by atoms with E-state index in [2.05, 4.69) is 22.9 Å². The second-order valence-corrected chi connectivity index (χ2v) is 13.4. The molecular formula is C29H48BrNO8. The molecule has 4 rings (SSSR count). The number of ether oxygens (including phenoxy) is 5. The first-order chi connectivity index (χ1) is 18.1. The van der Waals surface area contributed by atoms with E-state index >= 15 is 0 Å². The van der Waals surface area contributed by atoms with Gasteiger partial charge in [0, 0.05) is 23.2 Å². The quantitative estimate of drug-likeness (QED) is 0.273. The molecule has 4 unspecified atom stereocenters. The van der Waals surface area contributed by atoms with Gasteiger partial charge < -0.3 is 38.8 Å². The highest BCUT2D eigenvalue weighted by atomic mass is 79.9. The normalized spacial score (nSPS) is 50.8. The number of aliphatic hydroxyl groups excluding tert-OH is 2. The summed E-state index contributed by atoms with van der Waals surface area (Å²) in [5, 5.41) is 23.3. The Hall–Kier alpha value is -0.590. The predicted molar refractivity (Wildman–Crippen MR) is 149 cm³/mol. The Bertz CT molecular complexity index is 948. The molecule has 0 aliphatic carbocycles. The molecule has 13 atom stereocenters. The van der Waals surface area contributed by atoms with Gasteiger partial charge in [0.2, 0.25) is 0 Å². The summed E-state index contributed by atoms with van der Waals surface area (Å²) < 4.78 is 32.6. The van der Waals surface area contributed by atoms with Gasteiger partial charge in [-0.1, -0.05) is 36.7 Å². The third-order valence-corrected chi connectivity index (χ3v) is 10.1. The lowest BCUT2D eigenvalue weighted by Crippen LogP contribution is -2.59. The topological polar surface area (TPSA) is 107 Å². The molecule has 0 amide bonds. The van der Waals surface area contributed by atoms with E-state index in [0.29, 0.717) is 24.6 Å². The number of likely N-dealkylation sites (N-methyl/N-ethyl adjacent to an activating group) is 1. The van der Waals surface area contributed by atoms with Crippen LogP contribution in [0.25, 0.3) is 0 Å². The highest BCUT2D eigenvalue weighted by Crippen LogP contribution is 2.56. The van der Waals surface area contributed by atoms with Gasteiger partial charge in [-0.05, 0) is 72.7 Å². The molecule has 4 aliphatic rings. The number of rotatable bonds is 5. The van der Waals surface area contributed by atoms with Crippen LogP contribution in [0.3, 0.4) is 0 Å². The van der Waals surface area contributed by atoms with Crippen LogP contribution < -0.4 is 0 Å². The molecule has 3 bridgehead atoms. The Morgan fingerprint density at radius 1 is 1.13 bits per heavy atom. The van der Waals surface area contributed by atoms with Crippen molar-refractivity contribution in [2.24, 2.45) is 17.8 Å². The molecule has 0 aromatic heterocycles. The summed E-state index contributed by atoms with van der Waals surface area (Å²) in [5.74, 6) is -2.99. The van der Waals surface area contributed by atoms with Crippen LogP contribution >= 0.6 is 15.9 Å². The minimum absolute atomic E-state index is 0.0689. The van der Waals surface area contributed by atoms with Crippen LogP contribution in [0.1, 0.15) is 67.7 Å². The molecule has 9 nitrogen and oxygen atoms in total. The highest BCUT2D eigenvalue weighted by molar-refractivity contribution is 9.09. The van der Waals surface area contributed by atoms with E-state index in [1.165, 1.54) is 0 Å². The van der Waals surface area contributed by atoms with Crippen molar-refractivity contribution in [3.63, 3.8) is 0 Å². The molecule has 2 N–H and O–H groups in total. The van der Waals surface area contributed by atoms with E-state index in [1.54, 1.807) is 6.92 Å². The Labute approximate surface area is 241 Å². The highest BCUT2D eigenvalue weighted by Gasteiger charge is 2.65. The summed E-state index contributed by atoms with van der Waals surface area (Å²) in [6.45, 7) is 13.5. The minimum Gasteiger partial charge on any atom is -0.459 e. The van der Waals surface area contributed by atoms with Gasteiger partial charge in [-0.2, -0.15) is 0 Å². The SMILES string of the molecule is CC[C@H]1OC(=O)[C@H](C)[C@@H](O)[C@H](C)[C@@H](OC2O[C@H](C)CC(N(C)C)[C@H]2O)[C@@]2(C)C[C@@H](C)C3(OC1(C)C=C3CBr)O2. The van der Waals surface area contributed by atoms with Crippen LogP contribution in [0.15, 0.2) is 11.6 Å². The lowest BCUT2D eigenvalue weighted by Gasteiger charge is -2.47. The van der Waals surface area contributed by atoms with Crippen molar-refractivity contribution in [3.8, 4) is 0 Å². The number of esters is 1. The van der Waals surface area contributed by atoms with Gasteiger partial charge in [0.05, 0.1) is 29.8 Å². The zero-order chi connectivity index (χ0) is 29.1. The van der Waals surface area contributed by atoms with Crippen molar-refractivity contribution in [2.75, 3.05) is 19.4 Å². The molecule has 0 aromatic rings. The molecule has 4 aliphatic heterocycles. The zero-order valence-electron chi connectivity index (χ0n) is 24.8. The molecule has 3 fully saturated rings. The van der Waals surface area contributed by atoms with Crippen molar-refractivity contribution >= 4 is 21.9 Å². The van der Waals surface area contributed by atoms with E-state index in [0.717, 1.165) is 5.57 Å². The largest absolute Gasteiger partial charge is 0.459 e. The Morgan fingerprint density at radius 3 is 2.38 bits per heavy atom. The molecule has 4 heterocycles. The molecular weight excluding hydrogens is 570 g/mol. The smallest absolute Gasteiger partial charge is 0.311 e. The second kappa shape index (κ2) is 11.2. The second-order valence-electron chi connectivity index (χ2n) is 12.9. The predicted octanol–water partition coefficient (Wildman–Crippen LogP) is 3.39. The van der Waals surface area contributed by atoms with Gasteiger partial charge in [0.25, 0.3) is 0 Å². The Morgan fingerprint density at radius 2 is 1.79 bits per heavy atom. The van der Waals surface area contributed by atoms with Gasteiger partial charge in [-0.25, -0.2) is 0 Å². The van der Waals surface area contributed by atoms with Gasteiger partial charge in [-0.3, -0.25) is 4.79 Å². The van der Waals surface area contributed by atoms with Gasteiger partial charge in [0.15, 0.2) is 12.1 Å². The van der Waals surface area contributed by atoms with Crippen LogP contribution in [0.2, 0.25) is 0 Å². The van der Waals surface area contributed by atoms with E-state index < -0.39 is 65.5 Å². The fourth-order valence-electron chi connectivity index (χ4n) is 7.32. The van der Waals surface area contributed by atoms with Crippen LogP contribution in [0.5, 0.6) is 0 Å². The number of fused-ring (bicyclic) bond motifs is 2. The summed E-state index contributed by atoms with van der Waals surface area (Å²) in [4.78, 5) is 15.3. The summed E-state index contributed by atoms with van der Waals surface area (Å²) in [5.41, 5.74) is -0.894. The summed E-state index contributed by atoms with van der Waals surface area (Å²) >= 11 is 3.65. The maximum absolute atomic E-state index is 13.3. The molecule has 224 valence electrons. The fourth-order valence-corrected chi connectivity index (χ4v) is 7.87. The number of cyclic esters (lactones) is 1. The Kier molecular flexibility index (Phi) is 9.04. The number of carbonyl (C=O) groups excluding carboxylic acids is 1. The standard InChI is InChI=1S/C29H48BrNO8/c1-10-21-27(6)13-19(14-30)29(38-27)15(2)12-28(7,39-29)24(17(4)22(32)18(5)25(34)36-21)37-26-23(33)20(31(8)9)11-16(3)35-26/h13,15-18,20-24,26,32-33H,10-12,14H2,1-9H3/t15-,16-,17+,18-,20?,21-,22+,23-,24-,26?,27?,28-,29?/m1/s1. The Balaban J connectivity index is 1.79. The van der Waals surface area contributed by atoms with E-state index in [9.17, 15) is 15.0 Å². The number of halogens is 1. The molecule has 3 saturated heterocycles. The number of carbonyl (C=O) groups is 1. The lowest BCUT2D eigenvalue weighted by molar-refractivity contribution is -0.327. The van der Waals surface area contributed by atoms with Crippen molar-refractivity contribution in [1.29, 1.82) is 0 Å². The lowest BCUT2D eigenvalue weighted by atomic mass is 9.78. The van der Waals surface area contributed by atoms with Crippen molar-refractivity contribution in [3.05, 3.63) is 11.6 Å². The van der Waals surface area contributed by atoms with Crippen molar-refractivity contribution in [2.45, 2.75) is 128 Å². The van der Waals surface area contributed by atoms with E-state index in [-0.39, 0.29) is 18.1 Å². The van der Waals surface area contributed by atoms with Crippen molar-refractivity contribution < 1.29 is 38.7 Å². The fraction of sp³-hybridized carbons (Fsp3) is 0.897. The number of nitrogens with zero attached hydrogens (tertiary/aromatic N) is 1. The molecule has 0 aromatic carbocycles. The van der Waals surface area contributed by atoms with Crippen LogP contribution in [0.4, 0.5) is 0 Å². The summed E-state index contributed by atoms with van der Waals surface area (Å²) in [6.07, 6.45) is -0.528. The third-order valence-electron chi connectivity index (χ3n) is 9.50. The van der Waals surface area contributed by atoms with Gasteiger partial charge in [-0.15, -0.1) is 0 Å². The molecule has 0 saturated carbocycles. The number of aliphatic hydroxyl groups is 2. The molecule has 1 spiro atoms. The molecule has 39 heavy (non-hydrogen) atoms. The zero-order valence-corrected chi connectivity index (χ0v) is 26.4. The first kappa shape index (κ1) is 31.3. The number of alkyl halides is 1. The van der Waals surface area contributed by atoms with E-state index in [1.807, 2.05) is 59.7 Å². The van der Waals surface area contributed by atoms with Crippen LogP contribution in [-0.4, -0.2) is 100 Å². The first-order valence-corrected chi connectivity index (χ1v) is 15.5. The summed E-state index contributed by atoms with van der Waals surface area (Å²) in [6, 6.07) is -0.158. The number of hydrogen-bond acceptors (Lipinski definition) is 9. The maximum Gasteiger partial charge on any atom is 0.311 e. The van der Waals surface area contributed by atoms with Gasteiger partial charge in [0.1, 0.15) is 17.8 Å². The van der Waals surface area contributed by atoms with Crippen molar-refractivity contribution in [1.82, 2.24) is 4.90 Å². The summed E-state index contributed by atoms with van der Waals surface area (Å²) in [7, 11) is 3.86. The minimum atomic E-state index is -1.08. The van der Waals surface area contributed by atoms with Gasteiger partial charge >= 0.3 is 5.97 Å². The van der Waals surface area contributed by atoms with Crippen LogP contribution in [0, 0.1) is 17.8 Å².